The van der Waals surface area contributed by atoms with Crippen molar-refractivity contribution in [1.29, 1.82) is 0 Å². The van der Waals surface area contributed by atoms with Crippen molar-refractivity contribution in [2.75, 3.05) is 24.7 Å². The summed E-state index contributed by atoms with van der Waals surface area (Å²) in [6, 6.07) is 6.58. The molecule has 1 heterocycles. The Bertz CT molecular complexity index is 685. The second-order valence-corrected chi connectivity index (χ2v) is 5.02. The first-order chi connectivity index (χ1) is 10.5. The van der Waals surface area contributed by atoms with E-state index < -0.39 is 0 Å². The molecular formula is C13H15ClN6O2. The van der Waals surface area contributed by atoms with E-state index in [1.54, 1.807) is 38.4 Å². The third-order valence-corrected chi connectivity index (χ3v) is 2.94. The van der Waals surface area contributed by atoms with Gasteiger partial charge in [-0.2, -0.15) is 9.90 Å². The van der Waals surface area contributed by atoms with Gasteiger partial charge in [-0.3, -0.25) is 10.1 Å². The molecule has 0 spiro atoms. The molecule has 0 atom stereocenters. The first-order valence-electron chi connectivity index (χ1n) is 6.38. The summed E-state index contributed by atoms with van der Waals surface area (Å²) in [6.07, 6.45) is 1.37. The van der Waals surface area contributed by atoms with Gasteiger partial charge < -0.3 is 10.2 Å². The van der Waals surface area contributed by atoms with Crippen molar-refractivity contribution in [3.63, 3.8) is 0 Å². The zero-order valence-corrected chi connectivity index (χ0v) is 12.8. The van der Waals surface area contributed by atoms with Crippen LogP contribution in [-0.2, 0) is 11.3 Å². The average Bonchev–Trinajstić information content (AvgIpc) is 2.88. The summed E-state index contributed by atoms with van der Waals surface area (Å²) in [5, 5.41) is 13.5. The van der Waals surface area contributed by atoms with E-state index in [0.29, 0.717) is 10.7 Å². The van der Waals surface area contributed by atoms with Gasteiger partial charge in [-0.15, -0.1) is 5.10 Å². The Labute approximate surface area is 132 Å². The molecule has 0 saturated carbocycles. The zero-order valence-electron chi connectivity index (χ0n) is 12.1. The number of rotatable bonds is 4. The second-order valence-electron chi connectivity index (χ2n) is 4.61. The number of carbonyl (C=O) groups excluding carboxylic acids is 2. The average molecular weight is 323 g/mol. The highest BCUT2D eigenvalue weighted by Crippen LogP contribution is 2.20. The van der Waals surface area contributed by atoms with Gasteiger partial charge in [-0.1, -0.05) is 23.7 Å². The molecule has 0 aliphatic rings. The highest BCUT2D eigenvalue weighted by molar-refractivity contribution is 6.33. The minimum atomic E-state index is -0.326. The number of hydrogen-bond acceptors (Lipinski definition) is 4. The topological polar surface area (TPSA) is 92.2 Å². The fourth-order valence-electron chi connectivity index (χ4n) is 1.53. The molecule has 2 N–H and O–H groups in total. The summed E-state index contributed by atoms with van der Waals surface area (Å²) in [7, 11) is 3.22. The van der Waals surface area contributed by atoms with Crippen LogP contribution >= 0.6 is 11.6 Å². The van der Waals surface area contributed by atoms with Gasteiger partial charge in [0.05, 0.1) is 16.9 Å². The smallest absolute Gasteiger partial charge is 0.322 e. The predicted molar refractivity (Wildman–Crippen MR) is 82.8 cm³/mol. The maximum atomic E-state index is 11.9. The van der Waals surface area contributed by atoms with Crippen LogP contribution in [0.15, 0.2) is 30.5 Å². The summed E-state index contributed by atoms with van der Waals surface area (Å²) in [5.41, 5.74) is 0.516. The third kappa shape index (κ3) is 4.19. The monoisotopic (exact) mass is 322 g/mol. The van der Waals surface area contributed by atoms with Gasteiger partial charge in [0, 0.05) is 14.1 Å². The number of benzene rings is 1. The Morgan fingerprint density at radius 1 is 1.27 bits per heavy atom. The molecule has 8 nitrogen and oxygen atoms in total. The van der Waals surface area contributed by atoms with E-state index in [0.717, 1.165) is 0 Å². The lowest BCUT2D eigenvalue weighted by atomic mass is 10.3. The lowest BCUT2D eigenvalue weighted by Crippen LogP contribution is -2.27. The summed E-state index contributed by atoms with van der Waals surface area (Å²) in [4.78, 5) is 25.9. The Morgan fingerprint density at radius 3 is 2.68 bits per heavy atom. The van der Waals surface area contributed by atoms with Crippen LogP contribution in [0.2, 0.25) is 5.02 Å². The van der Waals surface area contributed by atoms with E-state index in [9.17, 15) is 9.59 Å². The van der Waals surface area contributed by atoms with Gasteiger partial charge in [0.15, 0.2) is 5.82 Å². The molecule has 0 unspecified atom stereocenters. The van der Waals surface area contributed by atoms with E-state index in [1.165, 1.54) is 15.9 Å². The summed E-state index contributed by atoms with van der Waals surface area (Å²) in [6.45, 7) is -0.0942. The van der Waals surface area contributed by atoms with Gasteiger partial charge in [0.1, 0.15) is 6.54 Å². The first-order valence-corrected chi connectivity index (χ1v) is 6.76. The molecule has 0 radical (unpaired) electrons. The molecule has 1 aromatic heterocycles. The molecule has 0 aliphatic carbocycles. The second kappa shape index (κ2) is 6.90. The number of anilines is 2. The SMILES string of the molecule is CN(C)C(=O)Nc1cnn(CC(=O)Nc2ccccc2Cl)n1. The van der Waals surface area contributed by atoms with E-state index >= 15 is 0 Å². The van der Waals surface area contributed by atoms with Crippen molar-refractivity contribution in [3.8, 4) is 0 Å². The molecule has 3 amide bonds. The lowest BCUT2D eigenvalue weighted by Gasteiger charge is -2.09. The lowest BCUT2D eigenvalue weighted by molar-refractivity contribution is -0.117. The van der Waals surface area contributed by atoms with Crippen molar-refractivity contribution < 1.29 is 9.59 Å². The normalized spacial score (nSPS) is 10.1. The number of halogens is 1. The Kier molecular flexibility index (Phi) is 4.95. The molecule has 0 aliphatic heterocycles. The van der Waals surface area contributed by atoms with E-state index in [2.05, 4.69) is 20.8 Å². The van der Waals surface area contributed by atoms with Crippen LogP contribution in [0.4, 0.5) is 16.3 Å². The fourth-order valence-corrected chi connectivity index (χ4v) is 1.72. The van der Waals surface area contributed by atoms with Gasteiger partial charge in [0.2, 0.25) is 5.91 Å². The summed E-state index contributed by atoms with van der Waals surface area (Å²) >= 11 is 5.96. The van der Waals surface area contributed by atoms with Gasteiger partial charge in [-0.05, 0) is 12.1 Å². The first kappa shape index (κ1) is 15.8. The van der Waals surface area contributed by atoms with Crippen LogP contribution in [0.3, 0.4) is 0 Å². The number of para-hydroxylation sites is 1. The van der Waals surface area contributed by atoms with Crippen LogP contribution in [0.5, 0.6) is 0 Å². The highest BCUT2D eigenvalue weighted by atomic mass is 35.5. The quantitative estimate of drug-likeness (QED) is 0.895. The van der Waals surface area contributed by atoms with Crippen LogP contribution in [0.25, 0.3) is 0 Å². The van der Waals surface area contributed by atoms with Gasteiger partial charge in [-0.25, -0.2) is 4.79 Å². The zero-order chi connectivity index (χ0) is 16.1. The van der Waals surface area contributed by atoms with Crippen molar-refractivity contribution in [2.45, 2.75) is 6.54 Å². The van der Waals surface area contributed by atoms with Crippen LogP contribution < -0.4 is 10.6 Å². The number of carbonyl (C=O) groups is 2. The summed E-state index contributed by atoms with van der Waals surface area (Å²) < 4.78 is 0. The van der Waals surface area contributed by atoms with Crippen LogP contribution in [0.1, 0.15) is 0 Å². The molecule has 9 heteroatoms. The van der Waals surface area contributed by atoms with Gasteiger partial charge >= 0.3 is 6.03 Å². The van der Waals surface area contributed by atoms with Crippen molar-refractivity contribution in [2.24, 2.45) is 0 Å². The Hall–Kier alpha value is -2.61. The molecular weight excluding hydrogens is 308 g/mol. The molecule has 0 fully saturated rings. The van der Waals surface area contributed by atoms with Crippen LogP contribution in [0, 0.1) is 0 Å². The largest absolute Gasteiger partial charge is 0.331 e. The minimum Gasteiger partial charge on any atom is -0.331 e. The van der Waals surface area contributed by atoms with Gasteiger partial charge in [0.25, 0.3) is 0 Å². The van der Waals surface area contributed by atoms with E-state index in [4.69, 9.17) is 11.6 Å². The Balaban J connectivity index is 1.94. The maximum absolute atomic E-state index is 11.9. The minimum absolute atomic E-state index is 0.0942. The number of aromatic nitrogens is 3. The third-order valence-electron chi connectivity index (χ3n) is 2.61. The van der Waals surface area contributed by atoms with Crippen molar-refractivity contribution in [1.82, 2.24) is 19.9 Å². The predicted octanol–water partition coefficient (Wildman–Crippen LogP) is 1.66. The number of amides is 3. The van der Waals surface area contributed by atoms with E-state index in [1.807, 2.05) is 0 Å². The number of nitrogens with one attached hydrogen (secondary N) is 2. The standard InChI is InChI=1S/C13H15ClN6O2/c1-19(2)13(22)17-11-7-15-20(18-11)8-12(21)16-10-6-4-3-5-9(10)14/h3-7H,8H2,1-2H3,(H,16,21)(H,17,18,22). The molecule has 22 heavy (non-hydrogen) atoms. The highest BCUT2D eigenvalue weighted by Gasteiger charge is 2.10. The number of urea groups is 1. The maximum Gasteiger partial charge on any atom is 0.322 e. The fraction of sp³-hybridized carbons (Fsp3) is 0.231. The summed E-state index contributed by atoms with van der Waals surface area (Å²) in [5.74, 6) is -0.0570. The van der Waals surface area contributed by atoms with Crippen LogP contribution in [-0.4, -0.2) is 45.9 Å². The molecule has 0 saturated heterocycles. The molecule has 1 aromatic carbocycles. The number of nitrogens with zero attached hydrogens (tertiary/aromatic N) is 4. The molecule has 2 aromatic rings. The Morgan fingerprint density at radius 2 is 2.00 bits per heavy atom. The number of hydrogen-bond donors (Lipinski definition) is 2. The molecule has 2 rings (SSSR count). The van der Waals surface area contributed by atoms with Crippen molar-refractivity contribution in [3.05, 3.63) is 35.5 Å². The molecule has 116 valence electrons. The molecule has 0 bridgehead atoms. The van der Waals surface area contributed by atoms with E-state index in [-0.39, 0.29) is 24.3 Å². The van der Waals surface area contributed by atoms with Crippen molar-refractivity contribution >= 4 is 35.0 Å².